The van der Waals surface area contributed by atoms with E-state index < -0.39 is 0 Å². The van der Waals surface area contributed by atoms with Crippen molar-refractivity contribution in [2.75, 3.05) is 5.73 Å². The number of rotatable bonds is 2. The Morgan fingerprint density at radius 1 is 1.14 bits per heavy atom. The van der Waals surface area contributed by atoms with Crippen molar-refractivity contribution < 1.29 is 0 Å². The van der Waals surface area contributed by atoms with Crippen LogP contribution in [0.4, 0.5) is 5.69 Å². The first-order chi connectivity index (χ1) is 10.1. The van der Waals surface area contributed by atoms with Crippen LogP contribution in [0, 0.1) is 6.92 Å². The number of tetrazole rings is 1. The van der Waals surface area contributed by atoms with Gasteiger partial charge in [0.1, 0.15) is 0 Å². The minimum atomic E-state index is 0.396. The monoisotopic (exact) mass is 319 g/mol. The molecule has 0 aliphatic heterocycles. The lowest BCUT2D eigenvalue weighted by Crippen LogP contribution is -2.01. The minimum absolute atomic E-state index is 0.396. The number of nitrogens with zero attached hydrogens (tertiary/aromatic N) is 4. The van der Waals surface area contributed by atoms with Crippen LogP contribution in [0.15, 0.2) is 36.4 Å². The molecule has 3 rings (SSSR count). The minimum Gasteiger partial charge on any atom is -0.398 e. The first-order valence-electron chi connectivity index (χ1n) is 6.17. The van der Waals surface area contributed by atoms with Crippen LogP contribution in [0.5, 0.6) is 0 Å². The number of benzene rings is 2. The Kier molecular flexibility index (Phi) is 3.53. The van der Waals surface area contributed by atoms with Gasteiger partial charge in [0.15, 0.2) is 5.82 Å². The third-order valence-corrected chi connectivity index (χ3v) is 3.98. The molecule has 0 fully saturated rings. The van der Waals surface area contributed by atoms with Crippen molar-refractivity contribution in [2.24, 2.45) is 0 Å². The molecule has 0 radical (unpaired) electrons. The molecule has 5 nitrogen and oxygen atoms in total. The Hall–Kier alpha value is -2.11. The molecular formula is C14H11Cl2N5. The molecule has 2 aromatic carbocycles. The van der Waals surface area contributed by atoms with E-state index in [-0.39, 0.29) is 0 Å². The van der Waals surface area contributed by atoms with E-state index in [2.05, 4.69) is 15.5 Å². The molecule has 3 aromatic rings. The second kappa shape index (κ2) is 5.35. The lowest BCUT2D eigenvalue weighted by atomic mass is 10.1. The number of aryl methyl sites for hydroxylation is 1. The molecular weight excluding hydrogens is 309 g/mol. The van der Waals surface area contributed by atoms with E-state index in [4.69, 9.17) is 28.9 Å². The molecule has 1 heterocycles. The molecule has 0 amide bonds. The van der Waals surface area contributed by atoms with Crippen molar-refractivity contribution in [3.8, 4) is 17.1 Å². The molecule has 0 aliphatic rings. The molecule has 0 saturated heterocycles. The van der Waals surface area contributed by atoms with Crippen molar-refractivity contribution in [1.82, 2.24) is 20.2 Å². The van der Waals surface area contributed by atoms with Crippen LogP contribution in [-0.2, 0) is 0 Å². The van der Waals surface area contributed by atoms with Crippen LogP contribution in [-0.4, -0.2) is 20.2 Å². The molecule has 0 bridgehead atoms. The Labute approximate surface area is 131 Å². The fourth-order valence-electron chi connectivity index (χ4n) is 1.96. The Bertz CT molecular complexity index is 813. The van der Waals surface area contributed by atoms with Gasteiger partial charge in [0.05, 0.1) is 15.7 Å². The fourth-order valence-corrected chi connectivity index (χ4v) is 2.34. The first kappa shape index (κ1) is 13.9. The van der Waals surface area contributed by atoms with E-state index >= 15 is 0 Å². The summed E-state index contributed by atoms with van der Waals surface area (Å²) in [4.78, 5) is 0. The van der Waals surface area contributed by atoms with Gasteiger partial charge in [0, 0.05) is 11.3 Å². The quantitative estimate of drug-likeness (QED) is 0.733. The van der Waals surface area contributed by atoms with Crippen LogP contribution >= 0.6 is 23.2 Å². The maximum atomic E-state index is 6.23. The largest absolute Gasteiger partial charge is 0.398 e. The number of hydrogen-bond donors (Lipinski definition) is 1. The summed E-state index contributed by atoms with van der Waals surface area (Å²) in [6, 6.07) is 11.0. The van der Waals surface area contributed by atoms with Crippen LogP contribution in [0.25, 0.3) is 17.1 Å². The van der Waals surface area contributed by atoms with Crippen LogP contribution < -0.4 is 5.73 Å². The van der Waals surface area contributed by atoms with Crippen LogP contribution in [0.1, 0.15) is 5.56 Å². The van der Waals surface area contributed by atoms with Crippen molar-refractivity contribution >= 4 is 28.9 Å². The number of aromatic nitrogens is 4. The van der Waals surface area contributed by atoms with Gasteiger partial charge in [-0.25, -0.2) is 0 Å². The van der Waals surface area contributed by atoms with Gasteiger partial charge in [-0.05, 0) is 41.1 Å². The van der Waals surface area contributed by atoms with Crippen LogP contribution in [0.2, 0.25) is 10.0 Å². The summed E-state index contributed by atoms with van der Waals surface area (Å²) < 4.78 is 1.54. The van der Waals surface area contributed by atoms with Crippen molar-refractivity contribution in [2.45, 2.75) is 6.92 Å². The predicted molar refractivity (Wildman–Crippen MR) is 83.8 cm³/mol. The second-order valence-corrected chi connectivity index (χ2v) is 5.34. The third-order valence-electron chi connectivity index (χ3n) is 3.17. The molecule has 7 heteroatoms. The fraction of sp³-hybridized carbons (Fsp3) is 0.0714. The summed E-state index contributed by atoms with van der Waals surface area (Å²) in [5, 5.41) is 12.6. The van der Waals surface area contributed by atoms with E-state index in [1.54, 1.807) is 22.9 Å². The summed E-state index contributed by atoms with van der Waals surface area (Å²) in [5.74, 6) is 0.547. The highest BCUT2D eigenvalue weighted by molar-refractivity contribution is 6.43. The summed E-state index contributed by atoms with van der Waals surface area (Å²) in [6.07, 6.45) is 0. The lowest BCUT2D eigenvalue weighted by Gasteiger charge is -2.08. The summed E-state index contributed by atoms with van der Waals surface area (Å²) in [6.45, 7) is 1.94. The molecule has 21 heavy (non-hydrogen) atoms. The highest BCUT2D eigenvalue weighted by Gasteiger charge is 2.15. The summed E-state index contributed by atoms with van der Waals surface area (Å²) in [5.41, 5.74) is 9.04. The Morgan fingerprint density at radius 2 is 1.95 bits per heavy atom. The first-order valence-corrected chi connectivity index (χ1v) is 6.93. The zero-order valence-electron chi connectivity index (χ0n) is 11.1. The maximum absolute atomic E-state index is 6.23. The van der Waals surface area contributed by atoms with Gasteiger partial charge < -0.3 is 5.73 Å². The average Bonchev–Trinajstić information content (AvgIpc) is 2.94. The number of anilines is 1. The van der Waals surface area contributed by atoms with Gasteiger partial charge in [0.25, 0.3) is 0 Å². The third kappa shape index (κ3) is 2.46. The molecule has 0 atom stereocenters. The number of halogens is 2. The summed E-state index contributed by atoms with van der Waals surface area (Å²) in [7, 11) is 0. The van der Waals surface area contributed by atoms with Crippen molar-refractivity contribution in [3.63, 3.8) is 0 Å². The average molecular weight is 320 g/mol. The SMILES string of the molecule is Cc1ccc(-c2nnnn2-c2cccc(Cl)c2Cl)cc1N. The van der Waals surface area contributed by atoms with E-state index in [1.165, 1.54) is 0 Å². The van der Waals surface area contributed by atoms with Crippen molar-refractivity contribution in [3.05, 3.63) is 52.0 Å². The van der Waals surface area contributed by atoms with E-state index in [0.717, 1.165) is 11.1 Å². The van der Waals surface area contributed by atoms with E-state index in [9.17, 15) is 0 Å². The van der Waals surface area contributed by atoms with Gasteiger partial charge >= 0.3 is 0 Å². The number of hydrogen-bond acceptors (Lipinski definition) is 4. The molecule has 0 unspecified atom stereocenters. The number of nitrogens with two attached hydrogens (primary N) is 1. The lowest BCUT2D eigenvalue weighted by molar-refractivity contribution is 0.791. The highest BCUT2D eigenvalue weighted by atomic mass is 35.5. The zero-order chi connectivity index (χ0) is 15.0. The Morgan fingerprint density at radius 3 is 2.71 bits per heavy atom. The predicted octanol–water partition coefficient (Wildman–Crippen LogP) is 3.53. The maximum Gasteiger partial charge on any atom is 0.187 e. The smallest absolute Gasteiger partial charge is 0.187 e. The molecule has 0 saturated carbocycles. The molecule has 1 aromatic heterocycles. The normalized spacial score (nSPS) is 10.8. The highest BCUT2D eigenvalue weighted by Crippen LogP contribution is 2.30. The molecule has 0 spiro atoms. The van der Waals surface area contributed by atoms with Gasteiger partial charge in [0.2, 0.25) is 0 Å². The second-order valence-electron chi connectivity index (χ2n) is 4.56. The molecule has 2 N–H and O–H groups in total. The Balaban J connectivity index is 2.17. The van der Waals surface area contributed by atoms with E-state index in [0.29, 0.717) is 27.2 Å². The van der Waals surface area contributed by atoms with Crippen LogP contribution in [0.3, 0.4) is 0 Å². The van der Waals surface area contributed by atoms with Gasteiger partial charge in [-0.1, -0.05) is 41.4 Å². The topological polar surface area (TPSA) is 69.6 Å². The summed E-state index contributed by atoms with van der Waals surface area (Å²) >= 11 is 12.3. The zero-order valence-corrected chi connectivity index (χ0v) is 12.6. The van der Waals surface area contributed by atoms with E-state index in [1.807, 2.05) is 25.1 Å². The molecule has 0 aliphatic carbocycles. The molecule has 106 valence electrons. The van der Waals surface area contributed by atoms with Gasteiger partial charge in [-0.3, -0.25) is 0 Å². The standard InChI is InChI=1S/C14H11Cl2N5/c1-8-5-6-9(7-11(8)17)14-18-19-20-21(14)12-4-2-3-10(15)13(12)16/h2-7H,17H2,1H3. The van der Waals surface area contributed by atoms with Gasteiger partial charge in [-0.2, -0.15) is 4.68 Å². The van der Waals surface area contributed by atoms with Crippen molar-refractivity contribution in [1.29, 1.82) is 0 Å². The number of nitrogen functional groups attached to an aromatic ring is 1. The van der Waals surface area contributed by atoms with Gasteiger partial charge in [-0.15, -0.1) is 5.10 Å².